The van der Waals surface area contributed by atoms with Crippen LogP contribution in [-0.4, -0.2) is 25.7 Å². The Hall–Kier alpha value is -3.79. The highest BCUT2D eigenvalue weighted by molar-refractivity contribution is 5.64. The first-order valence-electron chi connectivity index (χ1n) is 10.8. The second kappa shape index (κ2) is 8.75. The maximum absolute atomic E-state index is 5.50. The van der Waals surface area contributed by atoms with E-state index in [1.807, 2.05) is 30.6 Å². The minimum Gasteiger partial charge on any atom is -0.497 e. The van der Waals surface area contributed by atoms with E-state index in [4.69, 9.17) is 9.47 Å². The Balaban J connectivity index is 1.59. The molecule has 0 fully saturated rings. The molecule has 1 aliphatic heterocycles. The molecule has 0 saturated heterocycles. The van der Waals surface area contributed by atoms with Crippen LogP contribution in [0.5, 0.6) is 11.5 Å². The average Bonchev–Trinajstić information content (AvgIpc) is 2.88. The van der Waals surface area contributed by atoms with Gasteiger partial charge in [0.2, 0.25) is 0 Å². The number of benzene rings is 3. The third kappa shape index (κ3) is 3.80. The molecule has 160 valence electrons. The van der Waals surface area contributed by atoms with Crippen molar-refractivity contribution in [2.45, 2.75) is 12.5 Å². The molecular formula is C28H26N2O2. The van der Waals surface area contributed by atoms with Gasteiger partial charge in [0.05, 0.1) is 20.3 Å². The molecular weight excluding hydrogens is 396 g/mol. The van der Waals surface area contributed by atoms with Gasteiger partial charge in [-0.2, -0.15) is 0 Å². The van der Waals surface area contributed by atoms with Gasteiger partial charge in [0.25, 0.3) is 0 Å². The van der Waals surface area contributed by atoms with Crippen LogP contribution in [-0.2, 0) is 6.42 Å². The van der Waals surface area contributed by atoms with Crippen molar-refractivity contribution < 1.29 is 9.47 Å². The molecule has 32 heavy (non-hydrogen) atoms. The molecule has 2 heterocycles. The van der Waals surface area contributed by atoms with Crippen LogP contribution in [0.3, 0.4) is 0 Å². The zero-order chi connectivity index (χ0) is 21.9. The Kier molecular flexibility index (Phi) is 5.51. The van der Waals surface area contributed by atoms with Gasteiger partial charge in [-0.3, -0.25) is 4.98 Å². The number of pyridine rings is 1. The number of aromatic nitrogens is 1. The van der Waals surface area contributed by atoms with E-state index in [2.05, 4.69) is 70.5 Å². The fourth-order valence-electron chi connectivity index (χ4n) is 4.56. The van der Waals surface area contributed by atoms with Crippen molar-refractivity contribution in [3.05, 3.63) is 108 Å². The lowest BCUT2D eigenvalue weighted by atomic mass is 9.87. The first-order valence-corrected chi connectivity index (χ1v) is 10.8. The lowest BCUT2D eigenvalue weighted by Crippen LogP contribution is -2.36. The summed E-state index contributed by atoms with van der Waals surface area (Å²) in [5, 5.41) is 0. The monoisotopic (exact) mass is 422 g/mol. The Morgan fingerprint density at radius 1 is 0.781 bits per heavy atom. The number of hydrogen-bond acceptors (Lipinski definition) is 4. The Bertz CT molecular complexity index is 1210. The third-order valence-electron chi connectivity index (χ3n) is 6.20. The third-order valence-corrected chi connectivity index (χ3v) is 6.20. The van der Waals surface area contributed by atoms with Gasteiger partial charge < -0.3 is 14.4 Å². The molecule has 0 N–H and O–H groups in total. The maximum atomic E-state index is 5.50. The number of methoxy groups -OCH3 is 2. The Labute approximate surface area is 189 Å². The van der Waals surface area contributed by atoms with E-state index in [0.717, 1.165) is 30.2 Å². The highest BCUT2D eigenvalue weighted by Crippen LogP contribution is 2.40. The van der Waals surface area contributed by atoms with E-state index < -0.39 is 0 Å². The van der Waals surface area contributed by atoms with Crippen molar-refractivity contribution in [1.29, 1.82) is 0 Å². The summed E-state index contributed by atoms with van der Waals surface area (Å²) in [6.07, 6.45) is 4.63. The normalized spacial score (nSPS) is 15.2. The van der Waals surface area contributed by atoms with Gasteiger partial charge in [0, 0.05) is 30.7 Å². The Morgan fingerprint density at radius 2 is 1.50 bits per heavy atom. The van der Waals surface area contributed by atoms with Crippen molar-refractivity contribution >= 4 is 5.69 Å². The summed E-state index contributed by atoms with van der Waals surface area (Å²) in [4.78, 5) is 6.60. The van der Waals surface area contributed by atoms with Crippen molar-refractivity contribution in [3.8, 4) is 22.6 Å². The zero-order valence-corrected chi connectivity index (χ0v) is 18.4. The lowest BCUT2D eigenvalue weighted by Gasteiger charge is -2.39. The number of rotatable bonds is 5. The molecule has 4 aromatic rings. The van der Waals surface area contributed by atoms with Gasteiger partial charge in [0.1, 0.15) is 11.5 Å². The number of nitrogens with zero attached hydrogens (tertiary/aromatic N) is 2. The molecule has 1 unspecified atom stereocenters. The second-order valence-corrected chi connectivity index (χ2v) is 7.97. The number of ether oxygens (including phenoxy) is 2. The first-order chi connectivity index (χ1) is 15.8. The predicted molar refractivity (Wildman–Crippen MR) is 129 cm³/mol. The molecule has 0 saturated carbocycles. The van der Waals surface area contributed by atoms with Crippen LogP contribution in [0.1, 0.15) is 22.7 Å². The van der Waals surface area contributed by atoms with Crippen LogP contribution in [0, 0.1) is 0 Å². The van der Waals surface area contributed by atoms with E-state index in [-0.39, 0.29) is 6.04 Å². The summed E-state index contributed by atoms with van der Waals surface area (Å²) >= 11 is 0. The molecule has 4 nitrogen and oxygen atoms in total. The molecule has 1 aliphatic rings. The summed E-state index contributed by atoms with van der Waals surface area (Å²) in [5.74, 6) is 1.78. The molecule has 4 heteroatoms. The minimum atomic E-state index is 0.114. The van der Waals surface area contributed by atoms with Crippen molar-refractivity contribution in [2.75, 3.05) is 25.7 Å². The molecule has 0 aliphatic carbocycles. The first kappa shape index (κ1) is 20.1. The molecule has 1 atom stereocenters. The molecule has 5 rings (SSSR count). The fraction of sp³-hybridized carbons (Fsp3) is 0.179. The summed E-state index contributed by atoms with van der Waals surface area (Å²) in [6.45, 7) is 0.921. The van der Waals surface area contributed by atoms with Crippen LogP contribution < -0.4 is 14.4 Å². The summed E-state index contributed by atoms with van der Waals surface area (Å²) in [7, 11) is 3.44. The zero-order valence-electron chi connectivity index (χ0n) is 18.4. The van der Waals surface area contributed by atoms with Gasteiger partial charge in [-0.1, -0.05) is 36.4 Å². The van der Waals surface area contributed by atoms with Gasteiger partial charge in [-0.05, 0) is 70.6 Å². The van der Waals surface area contributed by atoms with Crippen LogP contribution in [0.4, 0.5) is 5.69 Å². The fourth-order valence-corrected chi connectivity index (χ4v) is 4.56. The van der Waals surface area contributed by atoms with E-state index in [9.17, 15) is 0 Å². The van der Waals surface area contributed by atoms with Gasteiger partial charge in [-0.15, -0.1) is 0 Å². The highest BCUT2D eigenvalue weighted by Gasteiger charge is 2.29. The van der Waals surface area contributed by atoms with Gasteiger partial charge in [0.15, 0.2) is 0 Å². The van der Waals surface area contributed by atoms with Crippen LogP contribution in [0.15, 0.2) is 91.3 Å². The topological polar surface area (TPSA) is 34.6 Å². The number of fused-ring (bicyclic) bond motifs is 1. The lowest BCUT2D eigenvalue weighted by molar-refractivity contribution is 0.413. The summed E-state index contributed by atoms with van der Waals surface area (Å²) in [6, 6.07) is 27.9. The number of hydrogen-bond donors (Lipinski definition) is 0. The van der Waals surface area contributed by atoms with E-state index in [1.54, 1.807) is 14.2 Å². The quantitative estimate of drug-likeness (QED) is 0.400. The maximum Gasteiger partial charge on any atom is 0.120 e. The summed E-state index contributed by atoms with van der Waals surface area (Å²) in [5.41, 5.74) is 7.44. The van der Waals surface area contributed by atoms with Gasteiger partial charge >= 0.3 is 0 Å². The van der Waals surface area contributed by atoms with E-state index in [1.165, 1.54) is 27.8 Å². The average molecular weight is 423 g/mol. The van der Waals surface area contributed by atoms with E-state index in [0.29, 0.717) is 0 Å². The molecule has 3 aromatic carbocycles. The van der Waals surface area contributed by atoms with Crippen LogP contribution in [0.2, 0.25) is 0 Å². The smallest absolute Gasteiger partial charge is 0.120 e. The largest absolute Gasteiger partial charge is 0.497 e. The van der Waals surface area contributed by atoms with Gasteiger partial charge in [-0.25, -0.2) is 0 Å². The molecule has 1 aromatic heterocycles. The van der Waals surface area contributed by atoms with Crippen molar-refractivity contribution in [3.63, 3.8) is 0 Å². The SMILES string of the molecule is COc1cccc(N2CCc3cc(OC)ccc3C2c2ccc(-c3ccncc3)cc2)c1. The van der Waals surface area contributed by atoms with Crippen LogP contribution >= 0.6 is 0 Å². The minimum absolute atomic E-state index is 0.114. The molecule has 0 radical (unpaired) electrons. The Morgan fingerprint density at radius 3 is 2.25 bits per heavy atom. The number of anilines is 1. The van der Waals surface area contributed by atoms with Crippen LogP contribution in [0.25, 0.3) is 11.1 Å². The summed E-state index contributed by atoms with van der Waals surface area (Å²) < 4.78 is 11.0. The highest BCUT2D eigenvalue weighted by atomic mass is 16.5. The standard InChI is InChI=1S/C28H26N2O2/c1-31-25-5-3-4-24(19-25)30-17-14-23-18-26(32-2)10-11-27(23)28(30)22-8-6-20(7-9-22)21-12-15-29-16-13-21/h3-13,15-16,18-19,28H,14,17H2,1-2H3. The second-order valence-electron chi connectivity index (χ2n) is 7.97. The van der Waals surface area contributed by atoms with Crippen molar-refractivity contribution in [2.24, 2.45) is 0 Å². The molecule has 0 amide bonds. The van der Waals surface area contributed by atoms with Crippen molar-refractivity contribution in [1.82, 2.24) is 4.98 Å². The van der Waals surface area contributed by atoms with E-state index >= 15 is 0 Å². The molecule has 0 bridgehead atoms. The predicted octanol–water partition coefficient (Wildman–Crippen LogP) is 5.92. The molecule has 0 spiro atoms.